The molecule has 0 saturated carbocycles. The van der Waals surface area contributed by atoms with Crippen molar-refractivity contribution in [1.82, 2.24) is 15.1 Å². The highest BCUT2D eigenvalue weighted by Crippen LogP contribution is 2.23. The summed E-state index contributed by atoms with van der Waals surface area (Å²) < 4.78 is 6.58. The summed E-state index contributed by atoms with van der Waals surface area (Å²) in [5.74, 6) is 0.0153. The van der Waals surface area contributed by atoms with Crippen molar-refractivity contribution in [3.05, 3.63) is 36.2 Å². The van der Waals surface area contributed by atoms with Gasteiger partial charge < -0.3 is 20.9 Å². The number of benzene rings is 1. The number of hydrogen-bond donors (Lipinski definition) is 3. The monoisotopic (exact) mass is 276 g/mol. The van der Waals surface area contributed by atoms with Crippen molar-refractivity contribution >= 4 is 11.6 Å². The Balaban J connectivity index is 1.91. The number of nitrogens with two attached hydrogens (primary N) is 1. The molecule has 2 aromatic rings. The first kappa shape index (κ1) is 13.7. The molecular weight excluding hydrogens is 260 g/mol. The fraction of sp³-hybridized carbons (Fsp3) is 0.231. The van der Waals surface area contributed by atoms with Crippen molar-refractivity contribution in [1.29, 1.82) is 0 Å². The van der Waals surface area contributed by atoms with E-state index in [-0.39, 0.29) is 17.2 Å². The summed E-state index contributed by atoms with van der Waals surface area (Å²) in [6.07, 6.45) is 3.22. The standard InChI is InChI=1S/C13H16N4O3/c1-20-10-2-3-11(12(18)6-10)13(19)15-4-5-17-8-9(14)7-16-17/h2-3,6-8,18H,4-5,14H2,1H3,(H,15,19). The van der Waals surface area contributed by atoms with E-state index >= 15 is 0 Å². The minimum absolute atomic E-state index is 0.120. The van der Waals surface area contributed by atoms with Crippen LogP contribution in [0.25, 0.3) is 0 Å². The third-order valence-corrected chi connectivity index (χ3v) is 2.73. The van der Waals surface area contributed by atoms with E-state index in [1.165, 1.54) is 25.4 Å². The lowest BCUT2D eigenvalue weighted by atomic mass is 10.2. The van der Waals surface area contributed by atoms with E-state index < -0.39 is 0 Å². The van der Waals surface area contributed by atoms with Crippen LogP contribution in [0.15, 0.2) is 30.6 Å². The summed E-state index contributed by atoms with van der Waals surface area (Å²) in [5, 5.41) is 16.4. The summed E-state index contributed by atoms with van der Waals surface area (Å²) >= 11 is 0. The summed E-state index contributed by atoms with van der Waals surface area (Å²) in [7, 11) is 1.49. The molecule has 0 aliphatic heterocycles. The van der Waals surface area contributed by atoms with Crippen molar-refractivity contribution in [2.75, 3.05) is 19.4 Å². The Morgan fingerprint density at radius 1 is 1.55 bits per heavy atom. The van der Waals surface area contributed by atoms with E-state index in [2.05, 4.69) is 10.4 Å². The van der Waals surface area contributed by atoms with Crippen LogP contribution in [0.4, 0.5) is 5.69 Å². The zero-order valence-corrected chi connectivity index (χ0v) is 11.0. The molecule has 4 N–H and O–H groups in total. The van der Waals surface area contributed by atoms with Crippen LogP contribution >= 0.6 is 0 Å². The molecule has 1 aromatic heterocycles. The molecule has 106 valence electrons. The van der Waals surface area contributed by atoms with Gasteiger partial charge in [-0.3, -0.25) is 9.48 Å². The minimum Gasteiger partial charge on any atom is -0.507 e. The molecule has 2 rings (SSSR count). The smallest absolute Gasteiger partial charge is 0.255 e. The maximum absolute atomic E-state index is 11.9. The lowest BCUT2D eigenvalue weighted by molar-refractivity contribution is 0.0949. The van der Waals surface area contributed by atoms with Crippen molar-refractivity contribution < 1.29 is 14.6 Å². The molecule has 7 nitrogen and oxygen atoms in total. The van der Waals surface area contributed by atoms with Gasteiger partial charge in [-0.05, 0) is 12.1 Å². The van der Waals surface area contributed by atoms with Gasteiger partial charge in [-0.15, -0.1) is 0 Å². The SMILES string of the molecule is COc1ccc(C(=O)NCCn2cc(N)cn2)c(O)c1. The van der Waals surface area contributed by atoms with Crippen LogP contribution in [-0.4, -0.2) is 34.4 Å². The number of phenols is 1. The molecule has 1 amide bonds. The lowest BCUT2D eigenvalue weighted by Gasteiger charge is -2.08. The molecular formula is C13H16N4O3. The van der Waals surface area contributed by atoms with E-state index in [1.54, 1.807) is 16.9 Å². The Labute approximate surface area is 116 Å². The molecule has 0 saturated heterocycles. The first-order chi connectivity index (χ1) is 9.60. The van der Waals surface area contributed by atoms with Gasteiger partial charge in [0, 0.05) is 18.8 Å². The Morgan fingerprint density at radius 2 is 2.35 bits per heavy atom. The van der Waals surface area contributed by atoms with Gasteiger partial charge in [-0.25, -0.2) is 0 Å². The van der Waals surface area contributed by atoms with Crippen molar-refractivity contribution in [2.24, 2.45) is 0 Å². The number of methoxy groups -OCH3 is 1. The number of carbonyl (C=O) groups is 1. The summed E-state index contributed by atoms with van der Waals surface area (Å²) in [6.45, 7) is 0.880. The van der Waals surface area contributed by atoms with Crippen molar-refractivity contribution in [3.8, 4) is 11.5 Å². The van der Waals surface area contributed by atoms with E-state index in [9.17, 15) is 9.90 Å². The van der Waals surface area contributed by atoms with Gasteiger partial charge in [-0.2, -0.15) is 5.10 Å². The van der Waals surface area contributed by atoms with Crippen LogP contribution in [-0.2, 0) is 6.54 Å². The molecule has 1 heterocycles. The fourth-order valence-corrected chi connectivity index (χ4v) is 1.71. The predicted octanol–water partition coefficient (Wildman–Crippen LogP) is 0.610. The molecule has 0 unspecified atom stereocenters. The third-order valence-electron chi connectivity index (χ3n) is 2.73. The van der Waals surface area contributed by atoms with Crippen LogP contribution in [0.5, 0.6) is 11.5 Å². The summed E-state index contributed by atoms with van der Waals surface area (Å²) in [6, 6.07) is 4.52. The van der Waals surface area contributed by atoms with Gasteiger partial charge in [0.25, 0.3) is 5.91 Å². The average Bonchev–Trinajstić information content (AvgIpc) is 2.84. The molecule has 0 bridgehead atoms. The second-order valence-electron chi connectivity index (χ2n) is 4.18. The number of aromatic hydroxyl groups is 1. The van der Waals surface area contributed by atoms with Crippen LogP contribution in [0.3, 0.4) is 0 Å². The number of amides is 1. The van der Waals surface area contributed by atoms with E-state index in [1.807, 2.05) is 0 Å². The topological polar surface area (TPSA) is 102 Å². The van der Waals surface area contributed by atoms with Crippen LogP contribution < -0.4 is 15.8 Å². The number of nitrogen functional groups attached to an aromatic ring is 1. The number of aromatic nitrogens is 2. The number of phenolic OH excluding ortho intramolecular Hbond substituents is 1. The van der Waals surface area contributed by atoms with Gasteiger partial charge in [0.15, 0.2) is 0 Å². The first-order valence-electron chi connectivity index (χ1n) is 6.03. The highest BCUT2D eigenvalue weighted by molar-refractivity contribution is 5.96. The summed E-state index contributed by atoms with van der Waals surface area (Å²) in [4.78, 5) is 11.9. The lowest BCUT2D eigenvalue weighted by Crippen LogP contribution is -2.27. The summed E-state index contributed by atoms with van der Waals surface area (Å²) in [5.41, 5.74) is 6.31. The Hall–Kier alpha value is -2.70. The van der Waals surface area contributed by atoms with Crippen LogP contribution in [0, 0.1) is 0 Å². The average molecular weight is 276 g/mol. The van der Waals surface area contributed by atoms with Crippen LogP contribution in [0.1, 0.15) is 10.4 Å². The van der Waals surface area contributed by atoms with E-state index in [4.69, 9.17) is 10.5 Å². The number of rotatable bonds is 5. The van der Waals surface area contributed by atoms with Gasteiger partial charge in [-0.1, -0.05) is 0 Å². The number of anilines is 1. The minimum atomic E-state index is -0.356. The highest BCUT2D eigenvalue weighted by atomic mass is 16.5. The Morgan fingerprint density at radius 3 is 2.95 bits per heavy atom. The number of nitrogens with one attached hydrogen (secondary N) is 1. The molecule has 0 spiro atoms. The van der Waals surface area contributed by atoms with Crippen molar-refractivity contribution in [3.63, 3.8) is 0 Å². The van der Waals surface area contributed by atoms with E-state index in [0.29, 0.717) is 24.5 Å². The molecule has 7 heteroatoms. The van der Waals surface area contributed by atoms with Crippen LogP contribution in [0.2, 0.25) is 0 Å². The second-order valence-corrected chi connectivity index (χ2v) is 4.18. The normalized spacial score (nSPS) is 10.2. The molecule has 0 aliphatic rings. The Bertz CT molecular complexity index is 609. The van der Waals surface area contributed by atoms with Gasteiger partial charge in [0.05, 0.1) is 31.1 Å². The number of nitrogens with zero attached hydrogens (tertiary/aromatic N) is 2. The molecule has 0 aliphatic carbocycles. The Kier molecular flexibility index (Phi) is 4.09. The van der Waals surface area contributed by atoms with Gasteiger partial charge in [0.2, 0.25) is 0 Å². The van der Waals surface area contributed by atoms with Gasteiger partial charge >= 0.3 is 0 Å². The predicted molar refractivity (Wildman–Crippen MR) is 73.6 cm³/mol. The number of ether oxygens (including phenoxy) is 1. The second kappa shape index (κ2) is 5.96. The first-order valence-corrected chi connectivity index (χ1v) is 6.03. The molecule has 0 atom stereocenters. The zero-order valence-electron chi connectivity index (χ0n) is 11.0. The number of hydrogen-bond acceptors (Lipinski definition) is 5. The molecule has 20 heavy (non-hydrogen) atoms. The largest absolute Gasteiger partial charge is 0.507 e. The highest BCUT2D eigenvalue weighted by Gasteiger charge is 2.11. The third kappa shape index (κ3) is 3.19. The van der Waals surface area contributed by atoms with E-state index in [0.717, 1.165) is 0 Å². The maximum Gasteiger partial charge on any atom is 0.255 e. The molecule has 0 fully saturated rings. The van der Waals surface area contributed by atoms with Gasteiger partial charge in [0.1, 0.15) is 11.5 Å². The van der Waals surface area contributed by atoms with Crippen molar-refractivity contribution in [2.45, 2.75) is 6.54 Å². The fourth-order valence-electron chi connectivity index (χ4n) is 1.71. The maximum atomic E-state index is 11.9. The number of carbonyl (C=O) groups excluding carboxylic acids is 1. The zero-order chi connectivity index (χ0) is 14.5. The molecule has 0 radical (unpaired) electrons. The molecule has 1 aromatic carbocycles. The quantitative estimate of drug-likeness (QED) is 0.742.